The first-order chi connectivity index (χ1) is 10.4. The average Bonchev–Trinajstić information content (AvgIpc) is 2.52. The van der Waals surface area contributed by atoms with Crippen LogP contribution in [0.1, 0.15) is 31.9 Å². The van der Waals surface area contributed by atoms with Gasteiger partial charge in [-0.1, -0.05) is 45.0 Å². The van der Waals surface area contributed by atoms with E-state index in [0.29, 0.717) is 6.54 Å². The van der Waals surface area contributed by atoms with Crippen LogP contribution in [0.25, 0.3) is 0 Å². The van der Waals surface area contributed by atoms with Crippen molar-refractivity contribution < 1.29 is 9.59 Å². The van der Waals surface area contributed by atoms with Gasteiger partial charge in [-0.3, -0.25) is 9.59 Å². The van der Waals surface area contributed by atoms with Crippen molar-refractivity contribution in [3.05, 3.63) is 35.4 Å². The lowest BCUT2D eigenvalue weighted by Crippen LogP contribution is -2.47. The van der Waals surface area contributed by atoms with E-state index in [4.69, 9.17) is 5.73 Å². The van der Waals surface area contributed by atoms with Gasteiger partial charge in [0, 0.05) is 6.54 Å². The largest absolute Gasteiger partial charge is 0.354 e. The van der Waals surface area contributed by atoms with Gasteiger partial charge in [0.15, 0.2) is 0 Å². The van der Waals surface area contributed by atoms with Crippen molar-refractivity contribution in [2.75, 3.05) is 13.1 Å². The summed E-state index contributed by atoms with van der Waals surface area (Å²) in [5, 5.41) is 5.34. The minimum absolute atomic E-state index is 0.0337. The fraction of sp³-hybridized carbons (Fsp3) is 0.529. The molecule has 1 aromatic carbocycles. The van der Waals surface area contributed by atoms with Gasteiger partial charge in [0.05, 0.1) is 12.6 Å². The minimum Gasteiger partial charge on any atom is -0.354 e. The van der Waals surface area contributed by atoms with Gasteiger partial charge >= 0.3 is 0 Å². The van der Waals surface area contributed by atoms with Crippen LogP contribution >= 0.6 is 0 Å². The zero-order valence-corrected chi connectivity index (χ0v) is 13.7. The monoisotopic (exact) mass is 305 g/mol. The Balaban J connectivity index is 2.24. The number of nitrogens with one attached hydrogen (secondary N) is 2. The summed E-state index contributed by atoms with van der Waals surface area (Å²) in [5.74, 6) is -0.441. The topological polar surface area (TPSA) is 84.2 Å². The Hall–Kier alpha value is -1.88. The van der Waals surface area contributed by atoms with E-state index < -0.39 is 6.04 Å². The molecule has 0 aliphatic heterocycles. The fourth-order valence-electron chi connectivity index (χ4n) is 1.94. The summed E-state index contributed by atoms with van der Waals surface area (Å²) in [5.41, 5.74) is 8.19. The third kappa shape index (κ3) is 6.26. The normalized spacial score (nSPS) is 12.0. The van der Waals surface area contributed by atoms with Crippen LogP contribution in [0.3, 0.4) is 0 Å². The van der Waals surface area contributed by atoms with Gasteiger partial charge in [0.1, 0.15) is 0 Å². The van der Waals surface area contributed by atoms with E-state index in [2.05, 4.69) is 41.8 Å². The molecule has 4 N–H and O–H groups in total. The van der Waals surface area contributed by atoms with Crippen LogP contribution in [-0.2, 0) is 22.4 Å². The van der Waals surface area contributed by atoms with Crippen LogP contribution in [0.2, 0.25) is 0 Å². The van der Waals surface area contributed by atoms with Crippen molar-refractivity contribution in [3.63, 3.8) is 0 Å². The fourth-order valence-corrected chi connectivity index (χ4v) is 1.94. The van der Waals surface area contributed by atoms with Crippen molar-refractivity contribution in [2.24, 2.45) is 11.7 Å². The Bertz CT molecular complexity index is 483. The molecule has 5 nitrogen and oxygen atoms in total. The third-order valence-electron chi connectivity index (χ3n) is 3.61. The molecule has 0 saturated heterocycles. The Morgan fingerprint density at radius 3 is 2.23 bits per heavy atom. The minimum atomic E-state index is -0.579. The molecule has 0 unspecified atom stereocenters. The highest BCUT2D eigenvalue weighted by molar-refractivity contribution is 5.87. The lowest BCUT2D eigenvalue weighted by atomic mass is 10.1. The second-order valence-electron chi connectivity index (χ2n) is 5.76. The number of amides is 2. The van der Waals surface area contributed by atoms with Crippen molar-refractivity contribution in [1.29, 1.82) is 0 Å². The van der Waals surface area contributed by atoms with Crippen molar-refractivity contribution in [3.8, 4) is 0 Å². The molecule has 1 atom stereocenters. The maximum Gasteiger partial charge on any atom is 0.239 e. The van der Waals surface area contributed by atoms with Crippen LogP contribution in [0.5, 0.6) is 0 Å². The summed E-state index contributed by atoms with van der Waals surface area (Å²) in [7, 11) is 0. The average molecular weight is 305 g/mol. The molecule has 0 radical (unpaired) electrons. The van der Waals surface area contributed by atoms with E-state index in [1.165, 1.54) is 11.1 Å². The Labute approximate surface area is 132 Å². The molecule has 122 valence electrons. The van der Waals surface area contributed by atoms with E-state index in [0.717, 1.165) is 12.8 Å². The van der Waals surface area contributed by atoms with Crippen LogP contribution in [0.15, 0.2) is 24.3 Å². The van der Waals surface area contributed by atoms with Gasteiger partial charge in [-0.25, -0.2) is 0 Å². The number of nitrogens with two attached hydrogens (primary N) is 1. The highest BCUT2D eigenvalue weighted by Gasteiger charge is 2.17. The maximum absolute atomic E-state index is 11.7. The van der Waals surface area contributed by atoms with E-state index in [1.807, 2.05) is 13.8 Å². The summed E-state index contributed by atoms with van der Waals surface area (Å²) in [4.78, 5) is 23.3. The molecule has 0 spiro atoms. The Morgan fingerprint density at radius 2 is 1.68 bits per heavy atom. The van der Waals surface area contributed by atoms with E-state index >= 15 is 0 Å². The number of carbonyl (C=O) groups excluding carboxylic acids is 2. The molecule has 2 amide bonds. The number of carbonyl (C=O) groups is 2. The molecule has 0 saturated carbocycles. The van der Waals surface area contributed by atoms with Crippen LogP contribution in [0, 0.1) is 5.92 Å². The SMILES string of the molecule is CCc1ccc(CCNC(=O)CNC(=O)[C@@H](N)C(C)C)cc1. The third-order valence-corrected chi connectivity index (χ3v) is 3.61. The highest BCUT2D eigenvalue weighted by atomic mass is 16.2. The molecule has 0 aromatic heterocycles. The maximum atomic E-state index is 11.7. The summed E-state index contributed by atoms with van der Waals surface area (Å²) in [6.07, 6.45) is 1.80. The van der Waals surface area contributed by atoms with Gasteiger partial charge in [-0.15, -0.1) is 0 Å². The molecular weight excluding hydrogens is 278 g/mol. The van der Waals surface area contributed by atoms with E-state index in [9.17, 15) is 9.59 Å². The van der Waals surface area contributed by atoms with Crippen molar-refractivity contribution in [1.82, 2.24) is 10.6 Å². The summed E-state index contributed by atoms with van der Waals surface area (Å²) in [6.45, 7) is 6.38. The molecule has 1 rings (SSSR count). The van der Waals surface area contributed by atoms with Gasteiger partial charge < -0.3 is 16.4 Å². The first-order valence-corrected chi connectivity index (χ1v) is 7.81. The predicted octanol–water partition coefficient (Wildman–Crippen LogP) is 1.01. The number of rotatable bonds is 8. The molecule has 22 heavy (non-hydrogen) atoms. The van der Waals surface area contributed by atoms with Crippen LogP contribution in [-0.4, -0.2) is 30.9 Å². The molecule has 5 heteroatoms. The van der Waals surface area contributed by atoms with Crippen molar-refractivity contribution in [2.45, 2.75) is 39.7 Å². The standard InChI is InChI=1S/C17H27N3O2/c1-4-13-5-7-14(8-6-13)9-10-19-15(21)11-20-17(22)16(18)12(2)3/h5-8,12,16H,4,9-11,18H2,1-3H3,(H,19,21)(H,20,22)/t16-/m0/s1. The molecular formula is C17H27N3O2. The van der Waals surface area contributed by atoms with E-state index in [-0.39, 0.29) is 24.3 Å². The summed E-state index contributed by atoms with van der Waals surface area (Å²) < 4.78 is 0. The molecule has 0 heterocycles. The van der Waals surface area contributed by atoms with Crippen LogP contribution in [0.4, 0.5) is 0 Å². The molecule has 1 aromatic rings. The molecule has 0 fully saturated rings. The summed E-state index contributed by atoms with van der Waals surface area (Å²) in [6, 6.07) is 7.78. The number of benzene rings is 1. The van der Waals surface area contributed by atoms with Gasteiger partial charge in [-0.2, -0.15) is 0 Å². The quantitative estimate of drug-likeness (QED) is 0.670. The summed E-state index contributed by atoms with van der Waals surface area (Å²) >= 11 is 0. The highest BCUT2D eigenvalue weighted by Crippen LogP contribution is 2.05. The smallest absolute Gasteiger partial charge is 0.239 e. The van der Waals surface area contributed by atoms with Gasteiger partial charge in [0.25, 0.3) is 0 Å². The van der Waals surface area contributed by atoms with Crippen molar-refractivity contribution >= 4 is 11.8 Å². The van der Waals surface area contributed by atoms with Gasteiger partial charge in [0.2, 0.25) is 11.8 Å². The number of aryl methyl sites for hydroxylation is 1. The lowest BCUT2D eigenvalue weighted by Gasteiger charge is -2.15. The first-order valence-electron chi connectivity index (χ1n) is 7.81. The number of hydrogen-bond donors (Lipinski definition) is 3. The Morgan fingerprint density at radius 1 is 1.09 bits per heavy atom. The van der Waals surface area contributed by atoms with E-state index in [1.54, 1.807) is 0 Å². The van der Waals surface area contributed by atoms with Crippen LogP contribution < -0.4 is 16.4 Å². The number of hydrogen-bond acceptors (Lipinski definition) is 3. The Kier molecular flexibility index (Phi) is 7.60. The zero-order valence-electron chi connectivity index (χ0n) is 13.7. The molecule has 0 aliphatic carbocycles. The second kappa shape index (κ2) is 9.20. The van der Waals surface area contributed by atoms with Gasteiger partial charge in [-0.05, 0) is 29.9 Å². The second-order valence-corrected chi connectivity index (χ2v) is 5.76. The molecule has 0 bridgehead atoms. The zero-order chi connectivity index (χ0) is 16.5. The lowest BCUT2D eigenvalue weighted by molar-refractivity contribution is -0.127. The molecule has 0 aliphatic rings. The predicted molar refractivity (Wildman–Crippen MR) is 88.4 cm³/mol. The first kappa shape index (κ1) is 18.2.